The molecule has 0 spiro atoms. The maximum atomic E-state index is 12.8. The average molecular weight is 333 g/mol. The van der Waals surface area contributed by atoms with Crippen molar-refractivity contribution in [1.29, 1.82) is 0 Å². The number of nitrogens with two attached hydrogens (primary N) is 1. The first kappa shape index (κ1) is 18.4. The van der Waals surface area contributed by atoms with Gasteiger partial charge >= 0.3 is 5.97 Å². The Labute approximate surface area is 143 Å². The van der Waals surface area contributed by atoms with E-state index in [9.17, 15) is 14.7 Å². The summed E-state index contributed by atoms with van der Waals surface area (Å²) in [5.74, 6) is -1.02. The molecule has 1 aliphatic rings. The molecule has 24 heavy (non-hydrogen) atoms. The Morgan fingerprint density at radius 1 is 1.29 bits per heavy atom. The zero-order chi connectivity index (χ0) is 17.4. The third kappa shape index (κ3) is 5.04. The van der Waals surface area contributed by atoms with Crippen LogP contribution in [-0.2, 0) is 16.1 Å². The van der Waals surface area contributed by atoms with Crippen LogP contribution in [0.15, 0.2) is 30.3 Å². The summed E-state index contributed by atoms with van der Waals surface area (Å²) in [7, 11) is 0. The minimum atomic E-state index is -0.912. The number of nitrogens with zero attached hydrogens (tertiary/aromatic N) is 1. The van der Waals surface area contributed by atoms with Gasteiger partial charge in [-0.1, -0.05) is 36.8 Å². The summed E-state index contributed by atoms with van der Waals surface area (Å²) in [4.78, 5) is 25.7. The lowest BCUT2D eigenvalue weighted by Crippen LogP contribution is -2.50. The third-order valence-electron chi connectivity index (χ3n) is 4.46. The van der Waals surface area contributed by atoms with Crippen molar-refractivity contribution in [3.8, 4) is 0 Å². The maximum Gasteiger partial charge on any atom is 0.326 e. The van der Waals surface area contributed by atoms with Crippen molar-refractivity contribution in [3.05, 3.63) is 35.9 Å². The van der Waals surface area contributed by atoms with Crippen LogP contribution in [0.3, 0.4) is 0 Å². The number of aliphatic carboxylic acids is 1. The van der Waals surface area contributed by atoms with Gasteiger partial charge in [0.2, 0.25) is 5.91 Å². The molecular formula is C18H27N3O3. The second-order valence-electron chi connectivity index (χ2n) is 6.23. The number of nitrogens with one attached hydrogen (secondary N) is 1. The molecule has 1 aliphatic heterocycles. The number of rotatable bonds is 9. The van der Waals surface area contributed by atoms with Gasteiger partial charge in [-0.2, -0.15) is 0 Å². The van der Waals surface area contributed by atoms with E-state index in [1.54, 1.807) is 0 Å². The minimum Gasteiger partial charge on any atom is -0.480 e. The van der Waals surface area contributed by atoms with E-state index in [-0.39, 0.29) is 11.9 Å². The molecule has 6 nitrogen and oxygen atoms in total. The van der Waals surface area contributed by atoms with Gasteiger partial charge in [0.25, 0.3) is 0 Å². The van der Waals surface area contributed by atoms with Crippen molar-refractivity contribution in [2.45, 2.75) is 50.7 Å². The van der Waals surface area contributed by atoms with Gasteiger partial charge in [0.1, 0.15) is 6.04 Å². The van der Waals surface area contributed by atoms with E-state index in [1.807, 2.05) is 30.3 Å². The normalized spacial score (nSPS) is 18.5. The molecule has 1 unspecified atom stereocenters. The quantitative estimate of drug-likeness (QED) is 0.593. The van der Waals surface area contributed by atoms with Gasteiger partial charge in [-0.05, 0) is 37.8 Å². The van der Waals surface area contributed by atoms with Gasteiger partial charge in [-0.15, -0.1) is 0 Å². The fourth-order valence-electron chi connectivity index (χ4n) is 3.13. The van der Waals surface area contributed by atoms with E-state index in [0.717, 1.165) is 24.8 Å². The molecule has 4 N–H and O–H groups in total. The van der Waals surface area contributed by atoms with Crippen LogP contribution >= 0.6 is 0 Å². The Bertz CT molecular complexity index is 536. The van der Waals surface area contributed by atoms with Crippen LogP contribution in [0.25, 0.3) is 0 Å². The number of unbranched alkanes of at least 4 members (excludes halogenated alkanes) is 1. The van der Waals surface area contributed by atoms with Crippen molar-refractivity contribution >= 4 is 11.9 Å². The second-order valence-corrected chi connectivity index (χ2v) is 6.23. The van der Waals surface area contributed by atoms with Crippen LogP contribution in [0.4, 0.5) is 0 Å². The number of likely N-dealkylation sites (tertiary alicyclic amines) is 1. The Hall–Kier alpha value is -1.92. The van der Waals surface area contributed by atoms with E-state index in [2.05, 4.69) is 5.32 Å². The second kappa shape index (κ2) is 9.39. The summed E-state index contributed by atoms with van der Waals surface area (Å²) in [6.07, 6.45) is 3.66. The van der Waals surface area contributed by atoms with Gasteiger partial charge in [0.15, 0.2) is 0 Å². The fourth-order valence-corrected chi connectivity index (χ4v) is 3.13. The predicted molar refractivity (Wildman–Crippen MR) is 92.3 cm³/mol. The van der Waals surface area contributed by atoms with Crippen molar-refractivity contribution in [3.63, 3.8) is 0 Å². The first-order chi connectivity index (χ1) is 11.6. The van der Waals surface area contributed by atoms with Crippen molar-refractivity contribution in [2.24, 2.45) is 5.73 Å². The van der Waals surface area contributed by atoms with Crippen LogP contribution in [0.5, 0.6) is 0 Å². The Balaban J connectivity index is 2.00. The summed E-state index contributed by atoms with van der Waals surface area (Å²) in [6.45, 7) is 1.71. The Kier molecular flexibility index (Phi) is 7.21. The molecule has 6 heteroatoms. The highest BCUT2D eigenvalue weighted by Gasteiger charge is 2.36. The van der Waals surface area contributed by atoms with Gasteiger partial charge in [-0.25, -0.2) is 4.79 Å². The summed E-state index contributed by atoms with van der Waals surface area (Å²) in [6, 6.07) is 8.83. The summed E-state index contributed by atoms with van der Waals surface area (Å²) >= 11 is 0. The van der Waals surface area contributed by atoms with E-state index in [0.29, 0.717) is 32.5 Å². The molecule has 1 saturated heterocycles. The van der Waals surface area contributed by atoms with E-state index in [1.165, 1.54) is 4.90 Å². The van der Waals surface area contributed by atoms with E-state index >= 15 is 0 Å². The van der Waals surface area contributed by atoms with Gasteiger partial charge in [0.05, 0.1) is 6.04 Å². The topological polar surface area (TPSA) is 95.7 Å². The van der Waals surface area contributed by atoms with Gasteiger partial charge in [-0.3, -0.25) is 4.79 Å². The highest BCUT2D eigenvalue weighted by atomic mass is 16.4. The molecule has 0 aromatic heterocycles. The van der Waals surface area contributed by atoms with Crippen LogP contribution in [0, 0.1) is 0 Å². The largest absolute Gasteiger partial charge is 0.480 e. The number of benzene rings is 1. The van der Waals surface area contributed by atoms with E-state index < -0.39 is 12.0 Å². The first-order valence-electron chi connectivity index (χ1n) is 8.64. The lowest BCUT2D eigenvalue weighted by atomic mass is 10.1. The van der Waals surface area contributed by atoms with Crippen molar-refractivity contribution in [2.75, 3.05) is 13.1 Å². The molecule has 2 rings (SSSR count). The number of hydrogen-bond acceptors (Lipinski definition) is 4. The van der Waals surface area contributed by atoms with Crippen LogP contribution < -0.4 is 11.1 Å². The molecule has 0 aliphatic carbocycles. The maximum absolute atomic E-state index is 12.8. The Morgan fingerprint density at radius 2 is 2.04 bits per heavy atom. The molecule has 0 bridgehead atoms. The molecule has 132 valence electrons. The van der Waals surface area contributed by atoms with Crippen LogP contribution in [0.1, 0.15) is 37.7 Å². The molecule has 1 aromatic carbocycles. The molecule has 2 atom stereocenters. The van der Waals surface area contributed by atoms with Crippen LogP contribution in [-0.4, -0.2) is 47.1 Å². The smallest absolute Gasteiger partial charge is 0.326 e. The van der Waals surface area contributed by atoms with Gasteiger partial charge in [0, 0.05) is 13.1 Å². The third-order valence-corrected chi connectivity index (χ3v) is 4.46. The van der Waals surface area contributed by atoms with Crippen LogP contribution in [0.2, 0.25) is 0 Å². The average Bonchev–Trinajstić information content (AvgIpc) is 3.08. The minimum absolute atomic E-state index is 0.104. The lowest BCUT2D eigenvalue weighted by Gasteiger charge is -2.27. The fraction of sp³-hybridized carbons (Fsp3) is 0.556. The predicted octanol–water partition coefficient (Wildman–Crippen LogP) is 1.35. The Morgan fingerprint density at radius 3 is 2.71 bits per heavy atom. The molecular weight excluding hydrogens is 306 g/mol. The number of carboxylic acids is 1. The summed E-state index contributed by atoms with van der Waals surface area (Å²) in [5.41, 5.74) is 6.65. The lowest BCUT2D eigenvalue weighted by molar-refractivity contribution is -0.149. The zero-order valence-corrected chi connectivity index (χ0v) is 14.0. The molecule has 1 aromatic rings. The van der Waals surface area contributed by atoms with Crippen molar-refractivity contribution < 1.29 is 14.7 Å². The number of carbonyl (C=O) groups excluding carboxylic acids is 1. The first-order valence-corrected chi connectivity index (χ1v) is 8.64. The monoisotopic (exact) mass is 333 g/mol. The highest BCUT2D eigenvalue weighted by molar-refractivity contribution is 5.87. The SMILES string of the molecule is NCCCCC(NCc1ccccc1)C(=O)N1CCC[C@@H]1C(=O)O. The standard InChI is InChI=1S/C18H27N3O3/c19-11-5-4-9-15(20-13-14-7-2-1-3-8-14)17(22)21-12-6-10-16(21)18(23)24/h1-3,7-8,15-16,20H,4-6,9-13,19H2,(H,23,24)/t15?,16-/m1/s1. The molecule has 1 amide bonds. The number of carboxylic acid groups (broad SMARTS) is 1. The summed E-state index contributed by atoms with van der Waals surface area (Å²) < 4.78 is 0. The molecule has 0 radical (unpaired) electrons. The number of hydrogen-bond donors (Lipinski definition) is 3. The number of carbonyl (C=O) groups is 2. The molecule has 1 heterocycles. The molecule has 1 fully saturated rings. The summed E-state index contributed by atoms with van der Waals surface area (Å²) in [5, 5.41) is 12.6. The van der Waals surface area contributed by atoms with Crippen molar-refractivity contribution in [1.82, 2.24) is 10.2 Å². The van der Waals surface area contributed by atoms with Gasteiger partial charge < -0.3 is 21.1 Å². The van der Waals surface area contributed by atoms with E-state index in [4.69, 9.17) is 5.73 Å². The molecule has 0 saturated carbocycles. The number of amides is 1. The zero-order valence-electron chi connectivity index (χ0n) is 14.0. The highest BCUT2D eigenvalue weighted by Crippen LogP contribution is 2.20.